The van der Waals surface area contributed by atoms with Crippen molar-refractivity contribution in [1.29, 1.82) is 0 Å². The SMILES string of the molecule is Cc1c2n(cc(C(=O)NCc3ccc(F)cc3F)c1=O)CC1OCC(C)N1C2=O. The van der Waals surface area contributed by atoms with Crippen molar-refractivity contribution < 1.29 is 23.1 Å². The summed E-state index contributed by atoms with van der Waals surface area (Å²) < 4.78 is 34.0. The van der Waals surface area contributed by atoms with Gasteiger partial charge < -0.3 is 19.5 Å². The van der Waals surface area contributed by atoms with Gasteiger partial charge in [-0.25, -0.2) is 8.78 Å². The van der Waals surface area contributed by atoms with Crippen molar-refractivity contribution in [3.63, 3.8) is 0 Å². The van der Waals surface area contributed by atoms with Gasteiger partial charge >= 0.3 is 0 Å². The third kappa shape index (κ3) is 3.21. The Hall–Kier alpha value is -3.07. The lowest BCUT2D eigenvalue weighted by molar-refractivity contribution is 0.00660. The zero-order valence-corrected chi connectivity index (χ0v) is 15.9. The molecule has 0 spiro atoms. The van der Waals surface area contributed by atoms with Gasteiger partial charge in [0.2, 0.25) is 0 Å². The van der Waals surface area contributed by atoms with Crippen molar-refractivity contribution in [1.82, 2.24) is 14.8 Å². The molecule has 2 aliphatic rings. The zero-order chi connectivity index (χ0) is 20.9. The summed E-state index contributed by atoms with van der Waals surface area (Å²) in [5, 5.41) is 2.47. The van der Waals surface area contributed by atoms with E-state index in [9.17, 15) is 23.2 Å². The normalized spacial score (nSPS) is 20.4. The number of hydrogen-bond acceptors (Lipinski definition) is 4. The summed E-state index contributed by atoms with van der Waals surface area (Å²) in [6.45, 7) is 3.88. The number of benzene rings is 1. The van der Waals surface area contributed by atoms with E-state index in [-0.39, 0.29) is 40.9 Å². The maximum atomic E-state index is 13.8. The lowest BCUT2D eigenvalue weighted by Crippen LogP contribution is -2.49. The molecule has 1 saturated heterocycles. The monoisotopic (exact) mass is 403 g/mol. The molecular weight excluding hydrogens is 384 g/mol. The zero-order valence-electron chi connectivity index (χ0n) is 15.9. The number of aromatic nitrogens is 1. The first-order valence-electron chi connectivity index (χ1n) is 9.18. The lowest BCUT2D eigenvalue weighted by Gasteiger charge is -2.34. The number of carbonyl (C=O) groups excluding carboxylic acids is 2. The van der Waals surface area contributed by atoms with E-state index in [4.69, 9.17) is 4.74 Å². The number of nitrogens with one attached hydrogen (secondary N) is 1. The van der Waals surface area contributed by atoms with Crippen LogP contribution >= 0.6 is 0 Å². The minimum Gasteiger partial charge on any atom is -0.354 e. The predicted molar refractivity (Wildman–Crippen MR) is 98.3 cm³/mol. The van der Waals surface area contributed by atoms with E-state index < -0.39 is 29.2 Å². The fraction of sp³-hybridized carbons (Fsp3) is 0.350. The smallest absolute Gasteiger partial charge is 0.273 e. The van der Waals surface area contributed by atoms with Gasteiger partial charge in [-0.3, -0.25) is 14.4 Å². The number of carbonyl (C=O) groups is 2. The van der Waals surface area contributed by atoms with Crippen molar-refractivity contribution in [2.45, 2.75) is 39.2 Å². The van der Waals surface area contributed by atoms with Crippen LogP contribution in [0.15, 0.2) is 29.2 Å². The number of amides is 2. The molecule has 2 amide bonds. The lowest BCUT2D eigenvalue weighted by atomic mass is 10.1. The van der Waals surface area contributed by atoms with Crippen LogP contribution in [0.5, 0.6) is 0 Å². The van der Waals surface area contributed by atoms with Gasteiger partial charge in [0, 0.05) is 29.9 Å². The van der Waals surface area contributed by atoms with Crippen LogP contribution in [-0.4, -0.2) is 40.2 Å². The molecule has 0 bridgehead atoms. The molecule has 2 aliphatic heterocycles. The van der Waals surface area contributed by atoms with Gasteiger partial charge in [-0.2, -0.15) is 0 Å². The van der Waals surface area contributed by atoms with Gasteiger partial charge in [-0.15, -0.1) is 0 Å². The number of fused-ring (bicyclic) bond motifs is 2. The van der Waals surface area contributed by atoms with Gasteiger partial charge in [-0.05, 0) is 19.9 Å². The molecule has 1 aromatic carbocycles. The molecule has 3 heterocycles. The summed E-state index contributed by atoms with van der Waals surface area (Å²) in [6, 6.07) is 2.94. The summed E-state index contributed by atoms with van der Waals surface area (Å²) in [5.74, 6) is -2.51. The number of rotatable bonds is 3. The number of nitrogens with zero attached hydrogens (tertiary/aromatic N) is 2. The van der Waals surface area contributed by atoms with E-state index in [2.05, 4.69) is 5.32 Å². The average molecular weight is 403 g/mol. The van der Waals surface area contributed by atoms with Gasteiger partial charge in [0.25, 0.3) is 11.8 Å². The Bertz CT molecular complexity index is 1080. The minimum atomic E-state index is -0.790. The largest absolute Gasteiger partial charge is 0.354 e. The van der Waals surface area contributed by atoms with Crippen LogP contribution in [0.4, 0.5) is 8.78 Å². The molecule has 9 heteroatoms. The number of halogens is 2. The molecule has 2 atom stereocenters. The number of ether oxygens (including phenoxy) is 1. The molecule has 1 N–H and O–H groups in total. The second kappa shape index (κ2) is 7.07. The molecule has 2 unspecified atom stereocenters. The highest BCUT2D eigenvalue weighted by molar-refractivity contribution is 5.98. The standard InChI is InChI=1S/C20H19F2N3O4/c1-10-9-29-16-8-24-7-14(18(26)11(2)17(24)20(28)25(10)16)19(27)23-6-12-3-4-13(21)5-15(12)22/h3-5,7,10,16H,6,8-9H2,1-2H3,(H,23,27). The van der Waals surface area contributed by atoms with E-state index in [0.29, 0.717) is 13.2 Å². The number of pyridine rings is 1. The third-order valence-electron chi connectivity index (χ3n) is 5.32. The Morgan fingerprint density at radius 1 is 1.31 bits per heavy atom. The number of hydrogen-bond donors (Lipinski definition) is 1. The van der Waals surface area contributed by atoms with E-state index in [1.54, 1.807) is 9.47 Å². The molecule has 2 aromatic rings. The average Bonchev–Trinajstić information content (AvgIpc) is 3.04. The summed E-state index contributed by atoms with van der Waals surface area (Å²) in [5.41, 5.74) is -0.208. The van der Waals surface area contributed by atoms with E-state index >= 15 is 0 Å². The molecule has 152 valence electrons. The van der Waals surface area contributed by atoms with Crippen molar-refractivity contribution in [2.24, 2.45) is 0 Å². The summed E-state index contributed by atoms with van der Waals surface area (Å²) >= 11 is 0. The Morgan fingerprint density at radius 3 is 2.79 bits per heavy atom. The molecule has 0 aliphatic carbocycles. The van der Waals surface area contributed by atoms with E-state index in [1.165, 1.54) is 19.2 Å². The summed E-state index contributed by atoms with van der Waals surface area (Å²) in [6.07, 6.45) is 0.888. The molecule has 0 saturated carbocycles. The molecule has 1 fully saturated rings. The highest BCUT2D eigenvalue weighted by Gasteiger charge is 2.42. The Kier molecular flexibility index (Phi) is 4.70. The van der Waals surface area contributed by atoms with Gasteiger partial charge in [0.1, 0.15) is 22.9 Å². The highest BCUT2D eigenvalue weighted by atomic mass is 19.1. The van der Waals surface area contributed by atoms with E-state index in [1.807, 2.05) is 6.92 Å². The van der Waals surface area contributed by atoms with Gasteiger partial charge in [-0.1, -0.05) is 6.07 Å². The van der Waals surface area contributed by atoms with Gasteiger partial charge in [0.05, 0.1) is 19.2 Å². The van der Waals surface area contributed by atoms with Crippen molar-refractivity contribution in [3.05, 3.63) is 68.6 Å². The molecule has 4 rings (SSSR count). The van der Waals surface area contributed by atoms with Crippen LogP contribution in [-0.2, 0) is 17.8 Å². The van der Waals surface area contributed by atoms with Crippen molar-refractivity contribution in [3.8, 4) is 0 Å². The maximum absolute atomic E-state index is 13.8. The fourth-order valence-electron chi connectivity index (χ4n) is 3.79. The second-order valence-corrected chi connectivity index (χ2v) is 7.27. The summed E-state index contributed by atoms with van der Waals surface area (Å²) in [7, 11) is 0. The Balaban J connectivity index is 1.62. The van der Waals surface area contributed by atoms with Crippen LogP contribution < -0.4 is 10.7 Å². The third-order valence-corrected chi connectivity index (χ3v) is 5.32. The Labute approximate surface area is 164 Å². The fourth-order valence-corrected chi connectivity index (χ4v) is 3.79. The predicted octanol–water partition coefficient (Wildman–Crippen LogP) is 1.57. The minimum absolute atomic E-state index is 0.0914. The van der Waals surface area contributed by atoms with Gasteiger partial charge in [0.15, 0.2) is 11.7 Å². The van der Waals surface area contributed by atoms with Crippen LogP contribution in [0.2, 0.25) is 0 Å². The molecule has 1 aromatic heterocycles. The molecule has 7 nitrogen and oxygen atoms in total. The van der Waals surface area contributed by atoms with Crippen molar-refractivity contribution in [2.75, 3.05) is 6.61 Å². The first kappa shape index (κ1) is 19.3. The first-order chi connectivity index (χ1) is 13.8. The second-order valence-electron chi connectivity index (χ2n) is 7.27. The molecule has 0 radical (unpaired) electrons. The Morgan fingerprint density at radius 2 is 2.07 bits per heavy atom. The first-order valence-corrected chi connectivity index (χ1v) is 9.18. The quantitative estimate of drug-likeness (QED) is 0.844. The van der Waals surface area contributed by atoms with E-state index in [0.717, 1.165) is 12.1 Å². The van der Waals surface area contributed by atoms with Crippen LogP contribution in [0.1, 0.15) is 38.9 Å². The maximum Gasteiger partial charge on any atom is 0.273 e. The van der Waals surface area contributed by atoms with Crippen LogP contribution in [0.25, 0.3) is 0 Å². The van der Waals surface area contributed by atoms with Crippen LogP contribution in [0.3, 0.4) is 0 Å². The molecular formula is C20H19F2N3O4. The van der Waals surface area contributed by atoms with Crippen LogP contribution in [0, 0.1) is 18.6 Å². The van der Waals surface area contributed by atoms with Crippen molar-refractivity contribution >= 4 is 11.8 Å². The summed E-state index contributed by atoms with van der Waals surface area (Å²) in [4.78, 5) is 39.8. The highest BCUT2D eigenvalue weighted by Crippen LogP contribution is 2.27. The topological polar surface area (TPSA) is 80.6 Å². The molecule has 29 heavy (non-hydrogen) atoms.